The molecule has 1 aliphatic heterocycles. The lowest BCUT2D eigenvalue weighted by Crippen LogP contribution is -1.99. The van der Waals surface area contributed by atoms with Gasteiger partial charge in [0.25, 0.3) is 0 Å². The first kappa shape index (κ1) is 10.7. The molecule has 0 radical (unpaired) electrons. The molecule has 3 rings (SSSR count). The van der Waals surface area contributed by atoms with Gasteiger partial charge in [-0.2, -0.15) is 5.26 Å². The Hall–Kier alpha value is -1.44. The summed E-state index contributed by atoms with van der Waals surface area (Å²) < 4.78 is 1.06. The number of nitrogens with zero attached hydrogens (tertiary/aromatic N) is 1. The van der Waals surface area contributed by atoms with Gasteiger partial charge in [0.05, 0.1) is 23.0 Å². The van der Waals surface area contributed by atoms with Crippen molar-refractivity contribution in [1.29, 1.82) is 5.26 Å². The molecule has 1 heterocycles. The lowest BCUT2D eigenvalue weighted by molar-refractivity contribution is 1.30. The van der Waals surface area contributed by atoms with Crippen molar-refractivity contribution in [2.45, 2.75) is 9.79 Å². The number of halogens is 1. The Morgan fingerprint density at radius 3 is 2.53 bits per heavy atom. The van der Waals surface area contributed by atoms with Gasteiger partial charge in [0.1, 0.15) is 0 Å². The van der Waals surface area contributed by atoms with Crippen molar-refractivity contribution in [2.75, 3.05) is 5.32 Å². The summed E-state index contributed by atoms with van der Waals surface area (Å²) in [7, 11) is 0. The lowest BCUT2D eigenvalue weighted by atomic mass is 10.2. The van der Waals surface area contributed by atoms with Crippen LogP contribution in [0.2, 0.25) is 0 Å². The first-order chi connectivity index (χ1) is 8.26. The van der Waals surface area contributed by atoms with Gasteiger partial charge in [-0.3, -0.25) is 0 Å². The van der Waals surface area contributed by atoms with E-state index < -0.39 is 0 Å². The zero-order valence-corrected chi connectivity index (χ0v) is 11.1. The molecule has 0 atom stereocenters. The quantitative estimate of drug-likeness (QED) is 0.663. The minimum atomic E-state index is 0.691. The number of anilines is 2. The Balaban J connectivity index is 2.08. The first-order valence-corrected chi connectivity index (χ1v) is 6.66. The topological polar surface area (TPSA) is 35.8 Å². The highest BCUT2D eigenvalue weighted by Crippen LogP contribution is 2.45. The SMILES string of the molecule is N#Cc1ccc2c(c1)Sc1cc(Br)ccc1N2. The van der Waals surface area contributed by atoms with Crippen LogP contribution in [0.4, 0.5) is 11.4 Å². The van der Waals surface area contributed by atoms with Crippen LogP contribution in [0.25, 0.3) is 0 Å². The van der Waals surface area contributed by atoms with E-state index in [-0.39, 0.29) is 0 Å². The summed E-state index contributed by atoms with van der Waals surface area (Å²) in [6.45, 7) is 0. The van der Waals surface area contributed by atoms with Crippen LogP contribution in [-0.4, -0.2) is 0 Å². The average Bonchev–Trinajstić information content (AvgIpc) is 2.35. The van der Waals surface area contributed by atoms with Crippen molar-refractivity contribution >= 4 is 39.1 Å². The van der Waals surface area contributed by atoms with Crippen LogP contribution in [0, 0.1) is 11.3 Å². The second-order valence-electron chi connectivity index (χ2n) is 3.69. The van der Waals surface area contributed by atoms with Gasteiger partial charge in [0.2, 0.25) is 0 Å². The summed E-state index contributed by atoms with van der Waals surface area (Å²) >= 11 is 5.15. The fraction of sp³-hybridized carbons (Fsp3) is 0. The molecule has 0 bridgehead atoms. The molecule has 0 saturated carbocycles. The fourth-order valence-corrected chi connectivity index (χ4v) is 3.31. The Labute approximate surface area is 112 Å². The summed E-state index contributed by atoms with van der Waals surface area (Å²) in [5, 5.41) is 12.3. The van der Waals surface area contributed by atoms with E-state index in [1.54, 1.807) is 11.8 Å². The minimum absolute atomic E-state index is 0.691. The molecule has 17 heavy (non-hydrogen) atoms. The number of fused-ring (bicyclic) bond motifs is 2. The summed E-state index contributed by atoms with van der Waals surface area (Å²) in [5.74, 6) is 0. The number of nitrogens with one attached hydrogen (secondary N) is 1. The van der Waals surface area contributed by atoms with Gasteiger partial charge in [0.15, 0.2) is 0 Å². The smallest absolute Gasteiger partial charge is 0.0992 e. The molecular weight excluding hydrogens is 296 g/mol. The third-order valence-electron chi connectivity index (χ3n) is 2.54. The Kier molecular flexibility index (Phi) is 2.58. The van der Waals surface area contributed by atoms with Gasteiger partial charge in [-0.1, -0.05) is 27.7 Å². The van der Waals surface area contributed by atoms with Crippen molar-refractivity contribution in [3.63, 3.8) is 0 Å². The molecule has 2 nitrogen and oxygen atoms in total. The monoisotopic (exact) mass is 302 g/mol. The third kappa shape index (κ3) is 1.92. The van der Waals surface area contributed by atoms with Crippen molar-refractivity contribution in [2.24, 2.45) is 0 Å². The summed E-state index contributed by atoms with van der Waals surface area (Å²) in [6.07, 6.45) is 0. The molecule has 0 aromatic heterocycles. The maximum absolute atomic E-state index is 8.89. The molecule has 0 fully saturated rings. The largest absolute Gasteiger partial charge is 0.354 e. The Bertz CT molecular complexity index is 646. The third-order valence-corrected chi connectivity index (χ3v) is 4.15. The Morgan fingerprint density at radius 2 is 1.76 bits per heavy atom. The molecule has 0 aliphatic carbocycles. The molecular formula is C13H7BrN2S. The van der Waals surface area contributed by atoms with Crippen molar-refractivity contribution in [1.82, 2.24) is 0 Å². The summed E-state index contributed by atoms with van der Waals surface area (Å²) in [6, 6.07) is 14.0. The van der Waals surface area contributed by atoms with E-state index in [1.807, 2.05) is 30.3 Å². The second kappa shape index (κ2) is 4.10. The number of hydrogen-bond acceptors (Lipinski definition) is 3. The van der Waals surface area contributed by atoms with E-state index in [2.05, 4.69) is 33.4 Å². The molecule has 1 N–H and O–H groups in total. The van der Waals surface area contributed by atoms with Crippen LogP contribution >= 0.6 is 27.7 Å². The predicted molar refractivity (Wildman–Crippen MR) is 72.7 cm³/mol. The van der Waals surface area contributed by atoms with E-state index in [1.165, 1.54) is 4.90 Å². The maximum atomic E-state index is 8.89. The highest BCUT2D eigenvalue weighted by atomic mass is 79.9. The Morgan fingerprint density at radius 1 is 1.06 bits per heavy atom. The highest BCUT2D eigenvalue weighted by molar-refractivity contribution is 9.10. The van der Waals surface area contributed by atoms with E-state index in [0.29, 0.717) is 5.56 Å². The maximum Gasteiger partial charge on any atom is 0.0992 e. The van der Waals surface area contributed by atoms with Crippen molar-refractivity contribution in [3.05, 3.63) is 46.4 Å². The molecule has 82 valence electrons. The van der Waals surface area contributed by atoms with Crippen LogP contribution in [0.3, 0.4) is 0 Å². The molecule has 4 heteroatoms. The molecule has 2 aromatic rings. The molecule has 2 aromatic carbocycles. The fourth-order valence-electron chi connectivity index (χ4n) is 1.73. The van der Waals surface area contributed by atoms with Crippen LogP contribution < -0.4 is 5.32 Å². The van der Waals surface area contributed by atoms with Gasteiger partial charge in [-0.05, 0) is 36.4 Å². The van der Waals surface area contributed by atoms with Gasteiger partial charge in [-0.25, -0.2) is 0 Å². The normalized spacial score (nSPS) is 12.0. The van der Waals surface area contributed by atoms with Crippen molar-refractivity contribution in [3.8, 4) is 6.07 Å². The molecule has 0 spiro atoms. The zero-order chi connectivity index (χ0) is 11.8. The number of hydrogen-bond donors (Lipinski definition) is 1. The minimum Gasteiger partial charge on any atom is -0.354 e. The van der Waals surface area contributed by atoms with Crippen LogP contribution in [-0.2, 0) is 0 Å². The van der Waals surface area contributed by atoms with E-state index >= 15 is 0 Å². The molecule has 0 saturated heterocycles. The molecule has 0 amide bonds. The van der Waals surface area contributed by atoms with Crippen LogP contribution in [0.1, 0.15) is 5.56 Å². The second-order valence-corrected chi connectivity index (χ2v) is 5.69. The number of rotatable bonds is 0. The zero-order valence-electron chi connectivity index (χ0n) is 8.70. The van der Waals surface area contributed by atoms with Crippen LogP contribution in [0.15, 0.2) is 50.7 Å². The van der Waals surface area contributed by atoms with Crippen LogP contribution in [0.5, 0.6) is 0 Å². The van der Waals surface area contributed by atoms with E-state index in [0.717, 1.165) is 20.7 Å². The molecule has 0 unspecified atom stereocenters. The average molecular weight is 303 g/mol. The number of nitriles is 1. The number of benzene rings is 2. The summed E-state index contributed by atoms with van der Waals surface area (Å²) in [4.78, 5) is 2.26. The van der Waals surface area contributed by atoms with Gasteiger partial charge < -0.3 is 5.32 Å². The van der Waals surface area contributed by atoms with Gasteiger partial charge in [0, 0.05) is 14.3 Å². The highest BCUT2D eigenvalue weighted by Gasteiger charge is 2.15. The molecule has 1 aliphatic rings. The summed E-state index contributed by atoms with van der Waals surface area (Å²) in [5.41, 5.74) is 2.86. The van der Waals surface area contributed by atoms with E-state index in [4.69, 9.17) is 5.26 Å². The van der Waals surface area contributed by atoms with Gasteiger partial charge in [-0.15, -0.1) is 0 Å². The van der Waals surface area contributed by atoms with Gasteiger partial charge >= 0.3 is 0 Å². The lowest BCUT2D eigenvalue weighted by Gasteiger charge is -2.20. The standard InChI is InChI=1S/C13H7BrN2S/c14-9-2-4-11-13(6-9)17-12-5-8(7-15)1-3-10(12)16-11/h1-6,16H. The van der Waals surface area contributed by atoms with E-state index in [9.17, 15) is 0 Å². The predicted octanol–water partition coefficient (Wildman–Crippen LogP) is 4.53. The first-order valence-electron chi connectivity index (χ1n) is 5.05. The van der Waals surface area contributed by atoms with Crippen molar-refractivity contribution < 1.29 is 0 Å².